The van der Waals surface area contributed by atoms with Crippen molar-refractivity contribution in [2.24, 2.45) is 0 Å². The van der Waals surface area contributed by atoms with Gasteiger partial charge in [-0.05, 0) is 17.7 Å². The highest BCUT2D eigenvalue weighted by Crippen LogP contribution is 2.24. The molecule has 0 aromatic heterocycles. The molecular formula is C20H21FN2O2S. The van der Waals surface area contributed by atoms with Gasteiger partial charge >= 0.3 is 0 Å². The van der Waals surface area contributed by atoms with Crippen LogP contribution in [0, 0.1) is 5.82 Å². The number of rotatable bonds is 6. The normalized spacial score (nSPS) is 17.1. The summed E-state index contributed by atoms with van der Waals surface area (Å²) in [6, 6.07) is 15.3. The molecule has 1 saturated heterocycles. The standard InChI is InChI=1S/C20H21FN2O2S/c21-17-8-4-7-16(11-17)18-12-22-9-10-23(18)20(25)14-26-13-19(24)15-5-2-1-3-6-15/h1-8,11,18,22H,9-10,12-14H2. The number of nitrogens with one attached hydrogen (secondary N) is 1. The monoisotopic (exact) mass is 372 g/mol. The van der Waals surface area contributed by atoms with Gasteiger partial charge in [-0.1, -0.05) is 42.5 Å². The second kappa shape index (κ2) is 8.96. The molecule has 1 atom stereocenters. The van der Waals surface area contributed by atoms with Crippen molar-refractivity contribution < 1.29 is 14.0 Å². The summed E-state index contributed by atoms with van der Waals surface area (Å²) in [5.41, 5.74) is 1.45. The van der Waals surface area contributed by atoms with Crippen molar-refractivity contribution in [2.75, 3.05) is 31.1 Å². The molecule has 0 saturated carbocycles. The summed E-state index contributed by atoms with van der Waals surface area (Å²) >= 11 is 1.32. The maximum Gasteiger partial charge on any atom is 0.233 e. The van der Waals surface area contributed by atoms with E-state index in [1.54, 1.807) is 23.1 Å². The molecule has 1 heterocycles. The zero-order valence-electron chi connectivity index (χ0n) is 14.4. The first-order valence-corrected chi connectivity index (χ1v) is 9.72. The van der Waals surface area contributed by atoms with Gasteiger partial charge in [0.1, 0.15) is 5.82 Å². The first-order valence-electron chi connectivity index (χ1n) is 8.57. The van der Waals surface area contributed by atoms with Gasteiger partial charge in [-0.2, -0.15) is 0 Å². The highest BCUT2D eigenvalue weighted by atomic mass is 32.2. The van der Waals surface area contributed by atoms with Crippen molar-refractivity contribution in [1.82, 2.24) is 10.2 Å². The lowest BCUT2D eigenvalue weighted by Crippen LogP contribution is -2.49. The van der Waals surface area contributed by atoms with E-state index in [0.717, 1.165) is 5.56 Å². The van der Waals surface area contributed by atoms with Crippen LogP contribution in [0.5, 0.6) is 0 Å². The lowest BCUT2D eigenvalue weighted by Gasteiger charge is -2.36. The van der Waals surface area contributed by atoms with Gasteiger partial charge in [-0.15, -0.1) is 11.8 Å². The number of piperazine rings is 1. The Labute approximate surface area is 156 Å². The molecule has 2 aromatic carbocycles. The number of hydrogen-bond acceptors (Lipinski definition) is 4. The molecule has 1 N–H and O–H groups in total. The fourth-order valence-electron chi connectivity index (χ4n) is 3.04. The van der Waals surface area contributed by atoms with E-state index >= 15 is 0 Å². The van der Waals surface area contributed by atoms with Crippen molar-refractivity contribution in [3.8, 4) is 0 Å². The van der Waals surface area contributed by atoms with Crippen molar-refractivity contribution >= 4 is 23.5 Å². The number of halogens is 1. The molecule has 2 aromatic rings. The maximum absolute atomic E-state index is 13.5. The summed E-state index contributed by atoms with van der Waals surface area (Å²) in [5, 5.41) is 3.26. The van der Waals surface area contributed by atoms with E-state index in [1.165, 1.54) is 23.9 Å². The lowest BCUT2D eigenvalue weighted by atomic mass is 10.0. The van der Waals surface area contributed by atoms with E-state index in [0.29, 0.717) is 25.2 Å². The molecule has 4 nitrogen and oxygen atoms in total. The quantitative estimate of drug-likeness (QED) is 0.792. The van der Waals surface area contributed by atoms with Crippen LogP contribution in [0.1, 0.15) is 22.0 Å². The summed E-state index contributed by atoms with van der Waals surface area (Å²) < 4.78 is 13.5. The number of Topliss-reactive ketones (excluding diaryl/α,β-unsaturated/α-hetero) is 1. The van der Waals surface area contributed by atoms with E-state index in [4.69, 9.17) is 0 Å². The number of amides is 1. The Balaban J connectivity index is 1.58. The number of carbonyl (C=O) groups excluding carboxylic acids is 2. The van der Waals surface area contributed by atoms with Crippen molar-refractivity contribution in [3.63, 3.8) is 0 Å². The third-order valence-corrected chi connectivity index (χ3v) is 5.27. The Bertz CT molecular complexity index is 769. The van der Waals surface area contributed by atoms with Crippen LogP contribution in [-0.4, -0.2) is 47.7 Å². The van der Waals surface area contributed by atoms with E-state index in [2.05, 4.69) is 5.32 Å². The third kappa shape index (κ3) is 4.71. The first-order chi connectivity index (χ1) is 12.6. The van der Waals surface area contributed by atoms with Crippen LogP contribution >= 0.6 is 11.8 Å². The lowest BCUT2D eigenvalue weighted by molar-refractivity contribution is -0.131. The SMILES string of the molecule is O=C(CSCC(=O)N1CCNCC1c1cccc(F)c1)c1ccccc1. The zero-order valence-corrected chi connectivity index (χ0v) is 15.2. The third-order valence-electron chi connectivity index (χ3n) is 4.35. The molecule has 1 fully saturated rings. The van der Waals surface area contributed by atoms with Gasteiger partial charge in [0.2, 0.25) is 5.91 Å². The molecule has 0 bridgehead atoms. The average molecular weight is 372 g/mol. The maximum atomic E-state index is 13.5. The van der Waals surface area contributed by atoms with Gasteiger partial charge in [0.05, 0.1) is 17.5 Å². The molecule has 1 unspecified atom stereocenters. The van der Waals surface area contributed by atoms with E-state index < -0.39 is 0 Å². The van der Waals surface area contributed by atoms with E-state index in [-0.39, 0.29) is 35.1 Å². The van der Waals surface area contributed by atoms with E-state index in [9.17, 15) is 14.0 Å². The van der Waals surface area contributed by atoms with E-state index in [1.807, 2.05) is 24.3 Å². The minimum Gasteiger partial charge on any atom is -0.332 e. The molecule has 1 aliphatic heterocycles. The minimum absolute atomic E-state index is 0.0189. The highest BCUT2D eigenvalue weighted by molar-refractivity contribution is 8.00. The second-order valence-corrected chi connectivity index (χ2v) is 7.13. The minimum atomic E-state index is -0.302. The zero-order chi connectivity index (χ0) is 18.4. The Morgan fingerprint density at radius 2 is 1.92 bits per heavy atom. The molecule has 1 aliphatic rings. The molecule has 0 aliphatic carbocycles. The predicted molar refractivity (Wildman–Crippen MR) is 102 cm³/mol. The molecule has 6 heteroatoms. The Kier molecular flexibility index (Phi) is 6.41. The van der Waals surface area contributed by atoms with Crippen molar-refractivity contribution in [3.05, 3.63) is 71.5 Å². The van der Waals surface area contributed by atoms with Crippen LogP contribution in [0.4, 0.5) is 4.39 Å². The smallest absolute Gasteiger partial charge is 0.233 e. The Hall–Kier alpha value is -2.18. The molecule has 0 spiro atoms. The average Bonchev–Trinajstić information content (AvgIpc) is 2.68. The summed E-state index contributed by atoms with van der Waals surface area (Å²) in [6.07, 6.45) is 0. The molecule has 26 heavy (non-hydrogen) atoms. The van der Waals surface area contributed by atoms with Crippen LogP contribution in [0.15, 0.2) is 54.6 Å². The van der Waals surface area contributed by atoms with Gasteiger partial charge in [0.25, 0.3) is 0 Å². The van der Waals surface area contributed by atoms with Gasteiger partial charge in [0, 0.05) is 25.2 Å². The molecule has 0 radical (unpaired) electrons. The van der Waals surface area contributed by atoms with Crippen LogP contribution in [0.2, 0.25) is 0 Å². The number of hydrogen-bond donors (Lipinski definition) is 1. The van der Waals surface area contributed by atoms with Crippen molar-refractivity contribution in [1.29, 1.82) is 0 Å². The largest absolute Gasteiger partial charge is 0.332 e. The van der Waals surface area contributed by atoms with Crippen LogP contribution < -0.4 is 5.32 Å². The fourth-order valence-corrected chi connectivity index (χ4v) is 3.83. The Morgan fingerprint density at radius 1 is 1.12 bits per heavy atom. The van der Waals surface area contributed by atoms with Crippen LogP contribution in [-0.2, 0) is 4.79 Å². The first kappa shape index (κ1) is 18.6. The van der Waals surface area contributed by atoms with Crippen LogP contribution in [0.3, 0.4) is 0 Å². The molecule has 136 valence electrons. The summed E-state index contributed by atoms with van der Waals surface area (Å²) in [4.78, 5) is 26.6. The number of thioether (sulfide) groups is 1. The fraction of sp³-hybridized carbons (Fsp3) is 0.300. The summed E-state index contributed by atoms with van der Waals surface area (Å²) in [5.74, 6) is 0.206. The van der Waals surface area contributed by atoms with Gasteiger partial charge in [-0.3, -0.25) is 9.59 Å². The highest BCUT2D eigenvalue weighted by Gasteiger charge is 2.28. The Morgan fingerprint density at radius 3 is 2.69 bits per heavy atom. The van der Waals surface area contributed by atoms with Gasteiger partial charge in [0.15, 0.2) is 5.78 Å². The number of benzene rings is 2. The van der Waals surface area contributed by atoms with Crippen molar-refractivity contribution in [2.45, 2.75) is 6.04 Å². The molecule has 1 amide bonds. The topological polar surface area (TPSA) is 49.4 Å². The summed E-state index contributed by atoms with van der Waals surface area (Å²) in [6.45, 7) is 1.89. The number of carbonyl (C=O) groups is 2. The predicted octanol–water partition coefficient (Wildman–Crippen LogP) is 2.91. The van der Waals surface area contributed by atoms with Gasteiger partial charge in [-0.25, -0.2) is 4.39 Å². The van der Waals surface area contributed by atoms with Gasteiger partial charge < -0.3 is 10.2 Å². The summed E-state index contributed by atoms with van der Waals surface area (Å²) in [7, 11) is 0. The number of nitrogens with zero attached hydrogens (tertiary/aromatic N) is 1. The molecule has 3 rings (SSSR count). The second-order valence-electron chi connectivity index (χ2n) is 6.14. The molecular weight excluding hydrogens is 351 g/mol. The number of ketones is 1. The van der Waals surface area contributed by atoms with Crippen LogP contribution in [0.25, 0.3) is 0 Å².